The van der Waals surface area contributed by atoms with E-state index in [2.05, 4.69) is 10.2 Å². The summed E-state index contributed by atoms with van der Waals surface area (Å²) in [6, 6.07) is 17.7. The van der Waals surface area contributed by atoms with Gasteiger partial charge in [0.15, 0.2) is 0 Å². The molecule has 0 unspecified atom stereocenters. The van der Waals surface area contributed by atoms with Gasteiger partial charge < -0.3 is 4.90 Å². The lowest BCUT2D eigenvalue weighted by Crippen LogP contribution is -2.08. The summed E-state index contributed by atoms with van der Waals surface area (Å²) >= 11 is 0. The molecule has 0 fully saturated rings. The van der Waals surface area contributed by atoms with Gasteiger partial charge >= 0.3 is 0 Å². The molecule has 0 heterocycles. The van der Waals surface area contributed by atoms with Gasteiger partial charge in [0.1, 0.15) is 5.69 Å². The van der Waals surface area contributed by atoms with Crippen molar-refractivity contribution < 1.29 is 0 Å². The molecular formula is C14H17N3S. The van der Waals surface area contributed by atoms with Crippen LogP contribution < -0.4 is 4.90 Å². The number of anilines is 1. The molecule has 0 saturated heterocycles. The van der Waals surface area contributed by atoms with Gasteiger partial charge in [-0.15, -0.1) is 5.11 Å². The fourth-order valence-corrected chi connectivity index (χ4v) is 1.53. The second kappa shape index (κ2) is 6.81. The molecule has 0 aliphatic rings. The number of hydrogen-bond donors (Lipinski definition) is 0. The van der Waals surface area contributed by atoms with Crippen molar-refractivity contribution in [3.63, 3.8) is 0 Å². The van der Waals surface area contributed by atoms with Crippen LogP contribution in [0.5, 0.6) is 0 Å². The summed E-state index contributed by atoms with van der Waals surface area (Å²) in [5.41, 5.74) is 2.80. The highest BCUT2D eigenvalue weighted by Crippen LogP contribution is 2.28. The third-order valence-corrected chi connectivity index (χ3v) is 2.39. The minimum absolute atomic E-state index is 0. The third kappa shape index (κ3) is 3.60. The van der Waals surface area contributed by atoms with Gasteiger partial charge in [0.25, 0.3) is 0 Å². The number of azo groups is 1. The van der Waals surface area contributed by atoms with Crippen LogP contribution in [0.15, 0.2) is 64.8 Å². The smallest absolute Gasteiger partial charge is 0.109 e. The van der Waals surface area contributed by atoms with Gasteiger partial charge in [0.05, 0.1) is 11.4 Å². The van der Waals surface area contributed by atoms with Crippen LogP contribution in [0.4, 0.5) is 17.1 Å². The monoisotopic (exact) mass is 259 g/mol. The zero-order valence-electron chi connectivity index (χ0n) is 10.5. The second-order valence-corrected chi connectivity index (χ2v) is 3.92. The Morgan fingerprint density at radius 1 is 0.778 bits per heavy atom. The molecule has 4 heteroatoms. The van der Waals surface area contributed by atoms with E-state index in [1.165, 1.54) is 0 Å². The molecule has 0 atom stereocenters. The van der Waals surface area contributed by atoms with Crippen LogP contribution in [-0.4, -0.2) is 14.1 Å². The van der Waals surface area contributed by atoms with Crippen LogP contribution in [0.3, 0.4) is 0 Å². The van der Waals surface area contributed by atoms with Gasteiger partial charge in [0.2, 0.25) is 0 Å². The van der Waals surface area contributed by atoms with Crippen LogP contribution >= 0.6 is 13.5 Å². The van der Waals surface area contributed by atoms with E-state index in [0.29, 0.717) is 0 Å². The predicted molar refractivity (Wildman–Crippen MR) is 81.8 cm³/mol. The Bertz CT molecular complexity index is 509. The van der Waals surface area contributed by atoms with Gasteiger partial charge in [0, 0.05) is 14.1 Å². The van der Waals surface area contributed by atoms with E-state index >= 15 is 0 Å². The maximum absolute atomic E-state index is 4.28. The van der Waals surface area contributed by atoms with Crippen molar-refractivity contribution in [2.45, 2.75) is 0 Å². The Balaban J connectivity index is 0.00000162. The SMILES string of the molecule is CN(C)c1ccccc1N=Nc1ccccc1.S. The molecule has 0 aromatic heterocycles. The van der Waals surface area contributed by atoms with Gasteiger partial charge in [-0.2, -0.15) is 18.6 Å². The first kappa shape index (κ1) is 14.3. The van der Waals surface area contributed by atoms with Crippen molar-refractivity contribution in [2.24, 2.45) is 10.2 Å². The average Bonchev–Trinajstić information content (AvgIpc) is 2.38. The fourth-order valence-electron chi connectivity index (χ4n) is 1.53. The van der Waals surface area contributed by atoms with Crippen molar-refractivity contribution in [3.8, 4) is 0 Å². The van der Waals surface area contributed by atoms with Crippen LogP contribution in [0, 0.1) is 0 Å². The first-order valence-electron chi connectivity index (χ1n) is 5.50. The van der Waals surface area contributed by atoms with E-state index in [0.717, 1.165) is 17.1 Å². The molecule has 0 saturated carbocycles. The zero-order valence-corrected chi connectivity index (χ0v) is 11.5. The third-order valence-electron chi connectivity index (χ3n) is 2.39. The van der Waals surface area contributed by atoms with E-state index in [1.807, 2.05) is 73.6 Å². The quantitative estimate of drug-likeness (QED) is 0.756. The molecule has 3 nitrogen and oxygen atoms in total. The Hall–Kier alpha value is -1.81. The summed E-state index contributed by atoms with van der Waals surface area (Å²) in [5, 5.41) is 8.50. The summed E-state index contributed by atoms with van der Waals surface area (Å²) < 4.78 is 0. The van der Waals surface area contributed by atoms with Gasteiger partial charge in [-0.05, 0) is 24.3 Å². The molecule has 0 aliphatic carbocycles. The second-order valence-electron chi connectivity index (χ2n) is 3.92. The minimum Gasteiger partial charge on any atom is -0.376 e. The Morgan fingerprint density at radius 3 is 2.06 bits per heavy atom. The van der Waals surface area contributed by atoms with E-state index < -0.39 is 0 Å². The summed E-state index contributed by atoms with van der Waals surface area (Å²) in [5.74, 6) is 0. The van der Waals surface area contributed by atoms with Crippen molar-refractivity contribution >= 4 is 30.6 Å². The molecule has 2 aromatic rings. The average molecular weight is 259 g/mol. The van der Waals surface area contributed by atoms with Crippen molar-refractivity contribution in [3.05, 3.63) is 54.6 Å². The molecule has 2 aromatic carbocycles. The van der Waals surface area contributed by atoms with Crippen molar-refractivity contribution in [1.29, 1.82) is 0 Å². The lowest BCUT2D eigenvalue weighted by molar-refractivity contribution is 1.11. The molecule has 18 heavy (non-hydrogen) atoms. The Labute approximate surface area is 115 Å². The lowest BCUT2D eigenvalue weighted by Gasteiger charge is -2.13. The zero-order chi connectivity index (χ0) is 12.1. The number of hydrogen-bond acceptors (Lipinski definition) is 3. The highest BCUT2D eigenvalue weighted by molar-refractivity contribution is 7.59. The number of benzene rings is 2. The standard InChI is InChI=1S/C14H15N3.H2S/c1-17(2)14-11-7-6-10-13(14)16-15-12-8-4-3-5-9-12;/h3-11H,1-2H3;1H2. The number of para-hydroxylation sites is 1. The summed E-state index contributed by atoms with van der Waals surface area (Å²) in [6.07, 6.45) is 0. The maximum Gasteiger partial charge on any atom is 0.109 e. The highest BCUT2D eigenvalue weighted by atomic mass is 32.1. The van der Waals surface area contributed by atoms with E-state index in [-0.39, 0.29) is 13.5 Å². The van der Waals surface area contributed by atoms with Crippen LogP contribution in [0.2, 0.25) is 0 Å². The molecule has 0 radical (unpaired) electrons. The largest absolute Gasteiger partial charge is 0.376 e. The summed E-state index contributed by atoms with van der Waals surface area (Å²) in [7, 11) is 3.99. The molecule has 0 amide bonds. The predicted octanol–water partition coefficient (Wildman–Crippen LogP) is 4.28. The van der Waals surface area contributed by atoms with Crippen LogP contribution in [0.1, 0.15) is 0 Å². The van der Waals surface area contributed by atoms with E-state index in [4.69, 9.17) is 0 Å². The summed E-state index contributed by atoms with van der Waals surface area (Å²) in [4.78, 5) is 2.03. The van der Waals surface area contributed by atoms with E-state index in [1.54, 1.807) is 0 Å². The number of nitrogens with zero attached hydrogens (tertiary/aromatic N) is 3. The van der Waals surface area contributed by atoms with Gasteiger partial charge in [-0.25, -0.2) is 0 Å². The van der Waals surface area contributed by atoms with Crippen LogP contribution in [-0.2, 0) is 0 Å². The lowest BCUT2D eigenvalue weighted by atomic mass is 10.2. The maximum atomic E-state index is 4.28. The van der Waals surface area contributed by atoms with Gasteiger partial charge in [-0.1, -0.05) is 30.3 Å². The van der Waals surface area contributed by atoms with Gasteiger partial charge in [-0.3, -0.25) is 0 Å². The highest BCUT2D eigenvalue weighted by Gasteiger charge is 2.01. The molecule has 94 valence electrons. The number of rotatable bonds is 3. The Morgan fingerprint density at radius 2 is 1.39 bits per heavy atom. The molecule has 0 aliphatic heterocycles. The first-order valence-corrected chi connectivity index (χ1v) is 5.50. The fraction of sp³-hybridized carbons (Fsp3) is 0.143. The first-order chi connectivity index (χ1) is 8.27. The molecule has 0 N–H and O–H groups in total. The van der Waals surface area contributed by atoms with E-state index in [9.17, 15) is 0 Å². The van der Waals surface area contributed by atoms with Crippen LogP contribution in [0.25, 0.3) is 0 Å². The topological polar surface area (TPSA) is 28.0 Å². The normalized spacial score (nSPS) is 10.1. The minimum atomic E-state index is 0. The molecule has 0 bridgehead atoms. The Kier molecular flexibility index (Phi) is 5.39. The summed E-state index contributed by atoms with van der Waals surface area (Å²) in [6.45, 7) is 0. The van der Waals surface area contributed by atoms with Crippen molar-refractivity contribution in [1.82, 2.24) is 0 Å². The molecule has 0 spiro atoms. The molecular weight excluding hydrogens is 242 g/mol. The molecule has 2 rings (SSSR count). The van der Waals surface area contributed by atoms with Crippen molar-refractivity contribution in [2.75, 3.05) is 19.0 Å².